The van der Waals surface area contributed by atoms with Gasteiger partial charge in [0, 0.05) is 12.3 Å². The molecule has 0 saturated heterocycles. The van der Waals surface area contributed by atoms with Crippen LogP contribution in [0.2, 0.25) is 0 Å². The van der Waals surface area contributed by atoms with Crippen molar-refractivity contribution in [3.63, 3.8) is 0 Å². The molecule has 0 aromatic heterocycles. The van der Waals surface area contributed by atoms with Crippen molar-refractivity contribution in [3.05, 3.63) is 18.1 Å². The number of hydrogen-bond donors (Lipinski definition) is 0. The Kier molecular flexibility index (Phi) is 5.85. The van der Waals surface area contributed by atoms with Crippen LogP contribution in [0.3, 0.4) is 0 Å². The lowest BCUT2D eigenvalue weighted by Gasteiger charge is -2.54. The third kappa shape index (κ3) is 3.43. The Hall–Kier alpha value is -0.590. The zero-order valence-corrected chi connectivity index (χ0v) is 19.0. The first-order chi connectivity index (χ1) is 13.3. The third-order valence-electron chi connectivity index (χ3n) is 9.77. The largest absolute Gasteiger partial charge is 0.299 e. The normalized spacial score (nSPS) is 43.9. The van der Waals surface area contributed by atoms with Crippen molar-refractivity contribution in [2.45, 2.75) is 92.4 Å². The second kappa shape index (κ2) is 7.92. The van der Waals surface area contributed by atoms with Crippen LogP contribution in [0, 0.1) is 59.2 Å². The van der Waals surface area contributed by atoms with E-state index in [1.54, 1.807) is 0 Å². The lowest BCUT2D eigenvalue weighted by Crippen LogP contribution is -2.47. The summed E-state index contributed by atoms with van der Waals surface area (Å²) in [5, 5.41) is 0. The Bertz CT molecular complexity index is 616. The lowest BCUT2D eigenvalue weighted by atomic mass is 9.50. The number of fused-ring (bicyclic) bond motifs is 5. The first-order valence-electron chi connectivity index (χ1n) is 12.4. The van der Waals surface area contributed by atoms with Crippen LogP contribution in [0.5, 0.6) is 0 Å². The molecule has 1 radical (unpaired) electrons. The molecule has 0 amide bonds. The Balaban J connectivity index is 1.48. The van der Waals surface area contributed by atoms with Crippen molar-refractivity contribution in [2.24, 2.45) is 52.8 Å². The average Bonchev–Trinajstić information content (AvgIpc) is 3.01. The van der Waals surface area contributed by atoms with Crippen LogP contribution in [0.4, 0.5) is 0 Å². The molecule has 3 fully saturated rings. The van der Waals surface area contributed by atoms with Crippen molar-refractivity contribution in [3.8, 4) is 0 Å². The molecule has 28 heavy (non-hydrogen) atoms. The van der Waals surface area contributed by atoms with Gasteiger partial charge >= 0.3 is 0 Å². The van der Waals surface area contributed by atoms with Gasteiger partial charge in [-0.25, -0.2) is 0 Å². The highest BCUT2D eigenvalue weighted by molar-refractivity contribution is 5.84. The molecular weight excluding hydrogens is 340 g/mol. The van der Waals surface area contributed by atoms with E-state index in [4.69, 9.17) is 0 Å². The van der Waals surface area contributed by atoms with Crippen molar-refractivity contribution in [1.29, 1.82) is 0 Å². The summed E-state index contributed by atoms with van der Waals surface area (Å²) >= 11 is 0. The van der Waals surface area contributed by atoms with Gasteiger partial charge in [-0.15, -0.1) is 0 Å². The quantitative estimate of drug-likeness (QED) is 0.456. The number of hydrogen-bond acceptors (Lipinski definition) is 1. The highest BCUT2D eigenvalue weighted by atomic mass is 16.1. The molecule has 1 unspecified atom stereocenters. The molecule has 0 N–H and O–H groups in total. The molecule has 1 nitrogen and oxygen atoms in total. The summed E-state index contributed by atoms with van der Waals surface area (Å²) in [6, 6.07) is 0. The van der Waals surface area contributed by atoms with E-state index in [1.165, 1.54) is 50.5 Å². The van der Waals surface area contributed by atoms with E-state index < -0.39 is 0 Å². The van der Waals surface area contributed by atoms with Crippen LogP contribution in [-0.2, 0) is 4.79 Å². The molecule has 0 spiro atoms. The maximum atomic E-state index is 12.2. The molecule has 4 aliphatic rings. The molecule has 0 heterocycles. The molecule has 0 bridgehead atoms. The zero-order chi connectivity index (χ0) is 20.1. The number of Topliss-reactive ketones (excluding diaryl/α,β-unsaturated/α-hetero) is 1. The predicted molar refractivity (Wildman–Crippen MR) is 118 cm³/mol. The number of carbonyl (C=O) groups excluding carboxylic acids is 1. The van der Waals surface area contributed by atoms with Gasteiger partial charge in [0.05, 0.1) is 0 Å². The fraction of sp³-hybridized carbons (Fsp3) is 0.852. The van der Waals surface area contributed by atoms with Crippen LogP contribution >= 0.6 is 0 Å². The Morgan fingerprint density at radius 1 is 1.14 bits per heavy atom. The molecule has 4 rings (SSSR count). The Labute approximate surface area is 174 Å². The minimum Gasteiger partial charge on any atom is -0.299 e. The predicted octanol–water partition coefficient (Wildman–Crippen LogP) is 7.27. The van der Waals surface area contributed by atoms with E-state index in [2.05, 4.69) is 47.1 Å². The van der Waals surface area contributed by atoms with Crippen LogP contribution in [0.25, 0.3) is 0 Å². The van der Waals surface area contributed by atoms with Gasteiger partial charge in [-0.05, 0) is 98.2 Å². The molecule has 3 saturated carbocycles. The number of ketones is 1. The first kappa shape index (κ1) is 20.7. The molecule has 1 heteroatoms. The summed E-state index contributed by atoms with van der Waals surface area (Å²) in [5.41, 5.74) is 2.10. The fourth-order valence-electron chi connectivity index (χ4n) is 8.27. The molecule has 157 valence electrons. The van der Waals surface area contributed by atoms with Crippen molar-refractivity contribution in [1.82, 2.24) is 0 Å². The molecule has 0 aromatic carbocycles. The molecular formula is C27H43O. The van der Waals surface area contributed by atoms with Gasteiger partial charge in [-0.3, -0.25) is 4.79 Å². The fourth-order valence-corrected chi connectivity index (χ4v) is 8.27. The number of carbonyl (C=O) groups is 1. The van der Waals surface area contributed by atoms with Gasteiger partial charge in [-0.1, -0.05) is 52.7 Å². The lowest BCUT2D eigenvalue weighted by molar-refractivity contribution is -0.124. The van der Waals surface area contributed by atoms with Gasteiger partial charge in [0.2, 0.25) is 0 Å². The van der Waals surface area contributed by atoms with Crippen LogP contribution in [-0.4, -0.2) is 5.78 Å². The van der Waals surface area contributed by atoms with E-state index >= 15 is 0 Å². The topological polar surface area (TPSA) is 17.1 Å². The Morgan fingerprint density at radius 3 is 2.68 bits per heavy atom. The monoisotopic (exact) mass is 383 g/mol. The van der Waals surface area contributed by atoms with Crippen LogP contribution < -0.4 is 0 Å². The summed E-state index contributed by atoms with van der Waals surface area (Å²) < 4.78 is 0. The van der Waals surface area contributed by atoms with E-state index in [0.717, 1.165) is 54.3 Å². The van der Waals surface area contributed by atoms with Crippen molar-refractivity contribution >= 4 is 5.78 Å². The minimum absolute atomic E-state index is 0.210. The van der Waals surface area contributed by atoms with Gasteiger partial charge in [0.1, 0.15) is 5.78 Å². The number of rotatable bonds is 5. The van der Waals surface area contributed by atoms with Crippen LogP contribution in [0.15, 0.2) is 11.6 Å². The Morgan fingerprint density at radius 2 is 1.93 bits per heavy atom. The smallest absolute Gasteiger partial charge is 0.139 e. The van der Waals surface area contributed by atoms with Gasteiger partial charge in [0.15, 0.2) is 0 Å². The van der Waals surface area contributed by atoms with Crippen LogP contribution in [0.1, 0.15) is 92.4 Å². The second-order valence-corrected chi connectivity index (χ2v) is 11.5. The molecule has 0 aromatic rings. The number of allylic oxidation sites excluding steroid dienone is 2. The molecule has 4 aliphatic carbocycles. The SMILES string of the molecule is CC(C)[CH]CC[C@@H](C)[C@H]1CC[C@H]2[C@@H]3CC=C4C(CCC(=O)[C@H]4C)[C@@H]3CC[C@]12C. The van der Waals surface area contributed by atoms with E-state index in [9.17, 15) is 4.79 Å². The zero-order valence-electron chi connectivity index (χ0n) is 19.0. The van der Waals surface area contributed by atoms with Gasteiger partial charge in [-0.2, -0.15) is 0 Å². The maximum Gasteiger partial charge on any atom is 0.139 e. The summed E-state index contributed by atoms with van der Waals surface area (Å²) in [6.45, 7) is 12.0. The van der Waals surface area contributed by atoms with Gasteiger partial charge < -0.3 is 0 Å². The summed E-state index contributed by atoms with van der Waals surface area (Å²) in [4.78, 5) is 12.2. The molecule has 0 aliphatic heterocycles. The average molecular weight is 384 g/mol. The summed E-state index contributed by atoms with van der Waals surface area (Å²) in [7, 11) is 0. The van der Waals surface area contributed by atoms with E-state index in [0.29, 0.717) is 11.2 Å². The summed E-state index contributed by atoms with van der Waals surface area (Å²) in [5.74, 6) is 6.65. The minimum atomic E-state index is 0.210. The van der Waals surface area contributed by atoms with E-state index in [1.807, 2.05) is 0 Å². The second-order valence-electron chi connectivity index (χ2n) is 11.5. The van der Waals surface area contributed by atoms with Crippen molar-refractivity contribution < 1.29 is 4.79 Å². The maximum absolute atomic E-state index is 12.2. The summed E-state index contributed by atoms with van der Waals surface area (Å²) in [6.07, 6.45) is 16.7. The first-order valence-corrected chi connectivity index (χ1v) is 12.4. The highest BCUT2D eigenvalue weighted by Gasteiger charge is 2.56. The third-order valence-corrected chi connectivity index (χ3v) is 9.77. The standard InChI is InChI=1S/C27H43O/c1-17(2)7-6-8-18(3)24-12-13-25-23-10-9-20-19(4)26(28)14-11-21(20)22(23)15-16-27(24,25)5/h7,9,17-19,21-25H,6,8,10-16H2,1-5H3/t18-,19+,21?,22+,23-,24-,25+,27-/m1/s1. The van der Waals surface area contributed by atoms with Crippen molar-refractivity contribution in [2.75, 3.05) is 0 Å². The highest BCUT2D eigenvalue weighted by Crippen LogP contribution is 2.64. The van der Waals surface area contributed by atoms with Gasteiger partial charge in [0.25, 0.3) is 0 Å². The molecule has 8 atom stereocenters. The van der Waals surface area contributed by atoms with E-state index in [-0.39, 0.29) is 5.92 Å².